The van der Waals surface area contributed by atoms with Crippen LogP contribution < -0.4 is 14.4 Å². The van der Waals surface area contributed by atoms with Gasteiger partial charge in [-0.25, -0.2) is 9.37 Å². The van der Waals surface area contributed by atoms with Crippen LogP contribution in [0.25, 0.3) is 0 Å². The van der Waals surface area contributed by atoms with Gasteiger partial charge in [-0.3, -0.25) is 9.59 Å². The standard InChI is InChI=1S/C24H27FN2O4/c1-3-15(2)9-11-30-23-7-4-17(14-26-23)31-22-8-10-27(24(22)29)16-12-19-18(20(25)13-16)5-6-21(19)28/h4,7,12-15,22H,3,5-6,8-11H2,1-2H3. The van der Waals surface area contributed by atoms with Crippen LogP contribution in [0.15, 0.2) is 30.5 Å². The molecule has 2 unspecified atom stereocenters. The molecule has 2 heterocycles. The lowest BCUT2D eigenvalue weighted by Gasteiger charge is -2.18. The van der Waals surface area contributed by atoms with Crippen LogP contribution in [-0.4, -0.2) is 35.9 Å². The molecule has 2 aliphatic rings. The summed E-state index contributed by atoms with van der Waals surface area (Å²) in [6.07, 6.45) is 4.17. The van der Waals surface area contributed by atoms with Crippen LogP contribution in [0.1, 0.15) is 55.5 Å². The Morgan fingerprint density at radius 1 is 1.26 bits per heavy atom. The van der Waals surface area contributed by atoms with Crippen molar-refractivity contribution in [2.45, 2.75) is 52.1 Å². The Hall–Kier alpha value is -2.96. The van der Waals surface area contributed by atoms with E-state index in [9.17, 15) is 14.0 Å². The van der Waals surface area contributed by atoms with Gasteiger partial charge in [-0.15, -0.1) is 0 Å². The number of fused-ring (bicyclic) bond motifs is 1. The number of hydrogen-bond acceptors (Lipinski definition) is 5. The van der Waals surface area contributed by atoms with Gasteiger partial charge in [0.1, 0.15) is 11.6 Å². The predicted octanol–water partition coefficient (Wildman–Crippen LogP) is 4.35. The molecule has 31 heavy (non-hydrogen) atoms. The topological polar surface area (TPSA) is 68.7 Å². The van der Waals surface area contributed by atoms with Crippen LogP contribution in [0.2, 0.25) is 0 Å². The number of nitrogens with zero attached hydrogens (tertiary/aromatic N) is 2. The maximum absolute atomic E-state index is 14.4. The van der Waals surface area contributed by atoms with Crippen molar-refractivity contribution < 1.29 is 23.5 Å². The van der Waals surface area contributed by atoms with Gasteiger partial charge in [-0.05, 0) is 42.5 Å². The molecule has 0 saturated carbocycles. The number of ether oxygens (including phenoxy) is 2. The number of Topliss-reactive ketones (excluding diaryl/α,β-unsaturated/α-hetero) is 1. The fourth-order valence-corrected chi connectivity index (χ4v) is 3.93. The summed E-state index contributed by atoms with van der Waals surface area (Å²) in [5.74, 6) is 0.851. The van der Waals surface area contributed by atoms with E-state index in [1.807, 2.05) is 0 Å². The van der Waals surface area contributed by atoms with Crippen molar-refractivity contribution in [3.05, 3.63) is 47.4 Å². The number of amides is 1. The quantitative estimate of drug-likeness (QED) is 0.628. The van der Waals surface area contributed by atoms with Crippen LogP contribution in [0.3, 0.4) is 0 Å². The number of aromatic nitrogens is 1. The molecule has 1 amide bonds. The van der Waals surface area contributed by atoms with E-state index in [2.05, 4.69) is 18.8 Å². The summed E-state index contributed by atoms with van der Waals surface area (Å²) >= 11 is 0. The highest BCUT2D eigenvalue weighted by Gasteiger charge is 2.36. The molecule has 2 atom stereocenters. The van der Waals surface area contributed by atoms with Gasteiger partial charge in [-0.2, -0.15) is 0 Å². The molecule has 6 nitrogen and oxygen atoms in total. The molecular formula is C24H27FN2O4. The van der Waals surface area contributed by atoms with Crippen LogP contribution in [0, 0.1) is 11.7 Å². The summed E-state index contributed by atoms with van der Waals surface area (Å²) in [7, 11) is 0. The first kappa shape index (κ1) is 21.3. The summed E-state index contributed by atoms with van der Waals surface area (Å²) in [5, 5.41) is 0. The molecular weight excluding hydrogens is 399 g/mol. The highest BCUT2D eigenvalue weighted by molar-refractivity contribution is 6.04. The fraction of sp³-hybridized carbons (Fsp3) is 0.458. The molecule has 0 bridgehead atoms. The van der Waals surface area contributed by atoms with Crippen LogP contribution >= 0.6 is 0 Å². The van der Waals surface area contributed by atoms with E-state index in [1.165, 1.54) is 11.0 Å². The molecule has 1 fully saturated rings. The van der Waals surface area contributed by atoms with Crippen LogP contribution in [0.4, 0.5) is 10.1 Å². The van der Waals surface area contributed by atoms with Gasteiger partial charge in [0.15, 0.2) is 11.9 Å². The average molecular weight is 426 g/mol. The second-order valence-corrected chi connectivity index (χ2v) is 8.24. The Morgan fingerprint density at radius 2 is 2.10 bits per heavy atom. The lowest BCUT2D eigenvalue weighted by Crippen LogP contribution is -2.32. The third-order valence-electron chi connectivity index (χ3n) is 6.10. The highest BCUT2D eigenvalue weighted by atomic mass is 19.1. The normalized spacial score (nSPS) is 18.9. The van der Waals surface area contributed by atoms with Crippen molar-refractivity contribution in [1.82, 2.24) is 4.98 Å². The minimum Gasteiger partial charge on any atom is -0.479 e. The molecule has 1 aromatic heterocycles. The van der Waals surface area contributed by atoms with E-state index in [4.69, 9.17) is 9.47 Å². The first-order chi connectivity index (χ1) is 15.0. The minimum atomic E-state index is -0.675. The number of hydrogen-bond donors (Lipinski definition) is 0. The summed E-state index contributed by atoms with van der Waals surface area (Å²) in [6, 6.07) is 6.42. The summed E-state index contributed by atoms with van der Waals surface area (Å²) < 4.78 is 25.9. The van der Waals surface area contributed by atoms with Gasteiger partial charge < -0.3 is 14.4 Å². The van der Waals surface area contributed by atoms with Crippen molar-refractivity contribution >= 4 is 17.4 Å². The van der Waals surface area contributed by atoms with E-state index < -0.39 is 11.9 Å². The summed E-state index contributed by atoms with van der Waals surface area (Å²) in [6.45, 7) is 5.35. The zero-order valence-corrected chi connectivity index (χ0v) is 17.9. The molecule has 4 rings (SSSR count). The first-order valence-electron chi connectivity index (χ1n) is 10.9. The Kier molecular flexibility index (Phi) is 6.20. The predicted molar refractivity (Wildman–Crippen MR) is 114 cm³/mol. The number of anilines is 1. The molecule has 0 spiro atoms. The second-order valence-electron chi connectivity index (χ2n) is 8.24. The smallest absolute Gasteiger partial charge is 0.268 e. The van der Waals surface area contributed by atoms with Gasteiger partial charge >= 0.3 is 0 Å². The van der Waals surface area contributed by atoms with E-state index in [-0.39, 0.29) is 11.7 Å². The van der Waals surface area contributed by atoms with Crippen LogP contribution in [0.5, 0.6) is 11.6 Å². The van der Waals surface area contributed by atoms with E-state index >= 15 is 0 Å². The minimum absolute atomic E-state index is 0.0762. The summed E-state index contributed by atoms with van der Waals surface area (Å²) in [4.78, 5) is 30.6. The Balaban J connectivity index is 1.37. The highest BCUT2D eigenvalue weighted by Crippen LogP contribution is 2.32. The lowest BCUT2D eigenvalue weighted by molar-refractivity contribution is -0.122. The van der Waals surface area contributed by atoms with Gasteiger partial charge in [-0.1, -0.05) is 20.3 Å². The van der Waals surface area contributed by atoms with Crippen LogP contribution in [-0.2, 0) is 11.2 Å². The molecule has 0 radical (unpaired) electrons. The molecule has 1 saturated heterocycles. The van der Waals surface area contributed by atoms with E-state index in [0.29, 0.717) is 66.8 Å². The average Bonchev–Trinajstić information content (AvgIpc) is 3.32. The van der Waals surface area contributed by atoms with Gasteiger partial charge in [0, 0.05) is 36.7 Å². The number of rotatable bonds is 8. The first-order valence-corrected chi connectivity index (χ1v) is 10.9. The van der Waals surface area contributed by atoms with Crippen molar-refractivity contribution in [2.75, 3.05) is 18.1 Å². The van der Waals surface area contributed by atoms with E-state index in [1.54, 1.807) is 24.4 Å². The third-order valence-corrected chi connectivity index (χ3v) is 6.10. The number of halogens is 1. The molecule has 1 aliphatic heterocycles. The molecule has 1 aromatic carbocycles. The van der Waals surface area contributed by atoms with Gasteiger partial charge in [0.25, 0.3) is 5.91 Å². The number of carbonyl (C=O) groups is 2. The van der Waals surface area contributed by atoms with Gasteiger partial charge in [0.05, 0.1) is 12.8 Å². The Labute approximate surface area is 181 Å². The largest absolute Gasteiger partial charge is 0.479 e. The maximum Gasteiger partial charge on any atom is 0.268 e. The fourth-order valence-electron chi connectivity index (χ4n) is 3.93. The second kappa shape index (κ2) is 9.04. The number of pyridine rings is 1. The van der Waals surface area contributed by atoms with Crippen molar-refractivity contribution in [1.29, 1.82) is 0 Å². The zero-order valence-electron chi connectivity index (χ0n) is 17.9. The Morgan fingerprint density at radius 3 is 2.84 bits per heavy atom. The lowest BCUT2D eigenvalue weighted by atomic mass is 10.1. The summed E-state index contributed by atoms with van der Waals surface area (Å²) in [5.41, 5.74) is 1.25. The van der Waals surface area contributed by atoms with Crippen molar-refractivity contribution in [2.24, 2.45) is 5.92 Å². The number of carbonyl (C=O) groups excluding carboxylic acids is 2. The number of benzene rings is 1. The molecule has 2 aromatic rings. The van der Waals surface area contributed by atoms with Gasteiger partial charge in [0.2, 0.25) is 5.88 Å². The maximum atomic E-state index is 14.4. The molecule has 1 aliphatic carbocycles. The monoisotopic (exact) mass is 426 g/mol. The Bertz CT molecular complexity index is 976. The molecule has 0 N–H and O–H groups in total. The SMILES string of the molecule is CCC(C)CCOc1ccc(OC2CCN(c3cc(F)c4c(c3)C(=O)CC4)C2=O)cn1. The van der Waals surface area contributed by atoms with E-state index in [0.717, 1.165) is 12.8 Å². The molecule has 7 heteroatoms. The third kappa shape index (κ3) is 4.55. The van der Waals surface area contributed by atoms with Crippen molar-refractivity contribution in [3.8, 4) is 11.6 Å². The molecule has 164 valence electrons. The van der Waals surface area contributed by atoms with Crippen molar-refractivity contribution in [3.63, 3.8) is 0 Å². The zero-order chi connectivity index (χ0) is 22.0. The number of ketones is 1.